The molecule has 1 heterocycles. The molecule has 0 aromatic heterocycles. The van der Waals surface area contributed by atoms with E-state index in [1.165, 1.54) is 0 Å². The first-order valence-corrected chi connectivity index (χ1v) is 8.58. The summed E-state index contributed by atoms with van der Waals surface area (Å²) in [4.78, 5) is 29.2. The Labute approximate surface area is 128 Å². The van der Waals surface area contributed by atoms with Crippen molar-refractivity contribution in [2.45, 2.75) is 64.8 Å². The van der Waals surface area contributed by atoms with Crippen LogP contribution >= 0.6 is 0 Å². The van der Waals surface area contributed by atoms with Crippen molar-refractivity contribution in [3.63, 3.8) is 0 Å². The fourth-order valence-electron chi connectivity index (χ4n) is 3.75. The number of carbonyl (C=O) groups is 2. The summed E-state index contributed by atoms with van der Waals surface area (Å²) in [5, 5.41) is 0. The summed E-state index contributed by atoms with van der Waals surface area (Å²) in [5.74, 6) is 0.516. The Morgan fingerprint density at radius 1 is 1.05 bits per heavy atom. The molecule has 2 atom stereocenters. The second-order valence-corrected chi connectivity index (χ2v) is 6.97. The number of nitrogens with zero attached hydrogens (tertiary/aromatic N) is 2. The SMILES string of the molecule is CC(C)C(=O)N1CCCCCCN(C)C(=O)[C@@H]2CCC[C@@H]21. The van der Waals surface area contributed by atoms with Crippen molar-refractivity contribution in [3.05, 3.63) is 0 Å². The van der Waals surface area contributed by atoms with Crippen LogP contribution in [0.4, 0.5) is 0 Å². The van der Waals surface area contributed by atoms with Crippen molar-refractivity contribution in [3.8, 4) is 0 Å². The van der Waals surface area contributed by atoms with Gasteiger partial charge < -0.3 is 9.80 Å². The van der Waals surface area contributed by atoms with Gasteiger partial charge in [-0.15, -0.1) is 0 Å². The van der Waals surface area contributed by atoms with E-state index in [0.29, 0.717) is 0 Å². The number of hydrogen-bond donors (Lipinski definition) is 0. The van der Waals surface area contributed by atoms with Gasteiger partial charge in [0.2, 0.25) is 11.8 Å². The normalized spacial score (nSPS) is 28.5. The minimum absolute atomic E-state index is 0.0178. The van der Waals surface area contributed by atoms with Gasteiger partial charge in [-0.25, -0.2) is 0 Å². The van der Waals surface area contributed by atoms with E-state index in [0.717, 1.165) is 58.0 Å². The summed E-state index contributed by atoms with van der Waals surface area (Å²) in [7, 11) is 1.92. The summed E-state index contributed by atoms with van der Waals surface area (Å²) in [6.07, 6.45) is 7.45. The molecule has 0 N–H and O–H groups in total. The fourth-order valence-corrected chi connectivity index (χ4v) is 3.75. The molecule has 1 saturated heterocycles. The average Bonchev–Trinajstić information content (AvgIpc) is 2.92. The van der Waals surface area contributed by atoms with Crippen LogP contribution in [0.15, 0.2) is 0 Å². The van der Waals surface area contributed by atoms with Crippen LogP contribution in [-0.4, -0.2) is 47.8 Å². The van der Waals surface area contributed by atoms with Crippen LogP contribution in [-0.2, 0) is 9.59 Å². The molecular formula is C17H30N2O2. The Hall–Kier alpha value is -1.06. The zero-order valence-corrected chi connectivity index (χ0v) is 13.8. The molecule has 0 bridgehead atoms. The summed E-state index contributed by atoms with van der Waals surface area (Å²) in [5.41, 5.74) is 0. The molecule has 2 rings (SSSR count). The average molecular weight is 294 g/mol. The molecule has 1 aliphatic heterocycles. The number of amides is 2. The Kier molecular flexibility index (Phi) is 5.65. The van der Waals surface area contributed by atoms with Gasteiger partial charge in [-0.05, 0) is 25.7 Å². The highest BCUT2D eigenvalue weighted by Gasteiger charge is 2.40. The van der Waals surface area contributed by atoms with Gasteiger partial charge in [-0.1, -0.05) is 33.1 Å². The van der Waals surface area contributed by atoms with E-state index in [1.807, 2.05) is 30.7 Å². The van der Waals surface area contributed by atoms with Crippen molar-refractivity contribution in [1.29, 1.82) is 0 Å². The van der Waals surface area contributed by atoms with Gasteiger partial charge >= 0.3 is 0 Å². The fraction of sp³-hybridized carbons (Fsp3) is 0.882. The first-order valence-electron chi connectivity index (χ1n) is 8.58. The predicted octanol–water partition coefficient (Wildman–Crippen LogP) is 2.67. The van der Waals surface area contributed by atoms with Crippen molar-refractivity contribution < 1.29 is 9.59 Å². The van der Waals surface area contributed by atoms with E-state index in [9.17, 15) is 9.59 Å². The highest BCUT2D eigenvalue weighted by Crippen LogP contribution is 2.33. The molecule has 0 spiro atoms. The topological polar surface area (TPSA) is 40.6 Å². The van der Waals surface area contributed by atoms with Crippen LogP contribution in [0.1, 0.15) is 58.8 Å². The lowest BCUT2D eigenvalue weighted by Gasteiger charge is -2.35. The lowest BCUT2D eigenvalue weighted by molar-refractivity contribution is -0.142. The van der Waals surface area contributed by atoms with Gasteiger partial charge in [0.1, 0.15) is 0 Å². The molecule has 4 heteroatoms. The zero-order chi connectivity index (χ0) is 15.4. The highest BCUT2D eigenvalue weighted by atomic mass is 16.2. The summed E-state index contributed by atoms with van der Waals surface area (Å²) >= 11 is 0. The Morgan fingerprint density at radius 2 is 1.71 bits per heavy atom. The molecule has 2 aliphatic rings. The van der Waals surface area contributed by atoms with Gasteiger partial charge in [-0.3, -0.25) is 9.59 Å². The van der Waals surface area contributed by atoms with E-state index in [2.05, 4.69) is 0 Å². The maximum atomic E-state index is 12.7. The van der Waals surface area contributed by atoms with E-state index in [-0.39, 0.29) is 29.7 Å². The number of hydrogen-bond acceptors (Lipinski definition) is 2. The summed E-state index contributed by atoms with van der Waals surface area (Å²) < 4.78 is 0. The molecule has 1 aliphatic carbocycles. The molecule has 2 amide bonds. The Morgan fingerprint density at radius 3 is 2.38 bits per heavy atom. The lowest BCUT2D eigenvalue weighted by atomic mass is 9.98. The molecule has 0 aromatic carbocycles. The summed E-state index contributed by atoms with van der Waals surface area (Å²) in [6.45, 7) is 5.62. The molecule has 21 heavy (non-hydrogen) atoms. The summed E-state index contributed by atoms with van der Waals surface area (Å²) in [6, 6.07) is 0.132. The predicted molar refractivity (Wildman–Crippen MR) is 83.8 cm³/mol. The molecule has 4 nitrogen and oxygen atoms in total. The minimum atomic E-state index is 0.0178. The molecule has 2 fully saturated rings. The van der Waals surface area contributed by atoms with Crippen LogP contribution in [0.3, 0.4) is 0 Å². The van der Waals surface area contributed by atoms with Gasteiger partial charge in [0.25, 0.3) is 0 Å². The second kappa shape index (κ2) is 7.28. The van der Waals surface area contributed by atoms with Crippen LogP contribution in [0, 0.1) is 11.8 Å². The molecular weight excluding hydrogens is 264 g/mol. The maximum absolute atomic E-state index is 12.7. The highest BCUT2D eigenvalue weighted by molar-refractivity contribution is 5.82. The van der Waals surface area contributed by atoms with Crippen molar-refractivity contribution >= 4 is 11.8 Å². The third-order valence-corrected chi connectivity index (χ3v) is 4.99. The zero-order valence-electron chi connectivity index (χ0n) is 13.8. The second-order valence-electron chi connectivity index (χ2n) is 6.97. The van der Waals surface area contributed by atoms with E-state index >= 15 is 0 Å². The smallest absolute Gasteiger partial charge is 0.227 e. The number of fused-ring (bicyclic) bond motifs is 1. The van der Waals surface area contributed by atoms with Crippen molar-refractivity contribution in [2.75, 3.05) is 20.1 Å². The van der Waals surface area contributed by atoms with Gasteiger partial charge in [0.15, 0.2) is 0 Å². The quantitative estimate of drug-likeness (QED) is 0.746. The van der Waals surface area contributed by atoms with Crippen LogP contribution in [0.25, 0.3) is 0 Å². The largest absolute Gasteiger partial charge is 0.345 e. The van der Waals surface area contributed by atoms with E-state index in [1.54, 1.807) is 0 Å². The Balaban J connectivity index is 2.21. The van der Waals surface area contributed by atoms with Gasteiger partial charge in [-0.2, -0.15) is 0 Å². The third-order valence-electron chi connectivity index (χ3n) is 4.99. The molecule has 0 unspecified atom stereocenters. The first kappa shape index (κ1) is 16.3. The van der Waals surface area contributed by atoms with Gasteiger partial charge in [0, 0.05) is 32.1 Å². The molecule has 0 radical (unpaired) electrons. The standard InChI is InChI=1S/C17H30N2O2/c1-13(2)16(20)19-12-7-5-4-6-11-18(3)17(21)14-9-8-10-15(14)19/h13-15H,4-12H2,1-3H3/t14-,15+/m1/s1. The number of rotatable bonds is 1. The van der Waals surface area contributed by atoms with Crippen molar-refractivity contribution in [1.82, 2.24) is 9.80 Å². The molecule has 1 saturated carbocycles. The maximum Gasteiger partial charge on any atom is 0.227 e. The molecule has 120 valence electrons. The van der Waals surface area contributed by atoms with E-state index in [4.69, 9.17) is 0 Å². The van der Waals surface area contributed by atoms with Crippen LogP contribution < -0.4 is 0 Å². The molecule has 0 aromatic rings. The lowest BCUT2D eigenvalue weighted by Crippen LogP contribution is -2.48. The van der Waals surface area contributed by atoms with E-state index < -0.39 is 0 Å². The third kappa shape index (κ3) is 3.78. The van der Waals surface area contributed by atoms with Crippen LogP contribution in [0.2, 0.25) is 0 Å². The van der Waals surface area contributed by atoms with Gasteiger partial charge in [0.05, 0.1) is 5.92 Å². The van der Waals surface area contributed by atoms with Crippen molar-refractivity contribution in [2.24, 2.45) is 11.8 Å². The number of carbonyl (C=O) groups excluding carboxylic acids is 2. The van der Waals surface area contributed by atoms with Crippen LogP contribution in [0.5, 0.6) is 0 Å². The monoisotopic (exact) mass is 294 g/mol. The Bertz CT molecular complexity index is 381. The minimum Gasteiger partial charge on any atom is -0.345 e. The first-order chi connectivity index (χ1) is 10.0.